The summed E-state index contributed by atoms with van der Waals surface area (Å²) in [5.41, 5.74) is 6.70. The number of pyridine rings is 1. The summed E-state index contributed by atoms with van der Waals surface area (Å²) >= 11 is 0. The van der Waals surface area contributed by atoms with Crippen molar-refractivity contribution in [3.05, 3.63) is 55.0 Å². The zero-order chi connectivity index (χ0) is 28.2. The molecular weight excluding hydrogens is 524 g/mol. The average molecular weight is 557 g/mol. The lowest BCUT2D eigenvalue weighted by atomic mass is 9.86. The Morgan fingerprint density at radius 1 is 1.08 bits per heavy atom. The Labute approximate surface area is 227 Å². The number of benzene rings is 1. The SMILES string of the molecule is CCn1nnc(-c2ccc(OCCC(C)(C)CCN3C=CN(c4ccnc(N)c4)S3(C(=O)O)C(=O)O)cc2)n1. The number of carbonyl (C=O) groups is 2. The molecule has 1 aliphatic rings. The summed E-state index contributed by atoms with van der Waals surface area (Å²) in [6.45, 7) is 7.34. The van der Waals surface area contributed by atoms with Gasteiger partial charge in [-0.2, -0.15) is 4.80 Å². The number of nitrogens with zero attached hydrogens (tertiary/aromatic N) is 7. The fraction of sp³-hybridized carbons (Fsp3) is 0.360. The highest BCUT2D eigenvalue weighted by Crippen LogP contribution is 2.61. The molecule has 0 saturated heterocycles. The van der Waals surface area contributed by atoms with Crippen molar-refractivity contribution < 1.29 is 24.5 Å². The van der Waals surface area contributed by atoms with Crippen molar-refractivity contribution in [2.45, 2.75) is 40.2 Å². The molecule has 0 unspecified atom stereocenters. The second-order valence-corrected chi connectivity index (χ2v) is 12.3. The normalized spacial score (nSPS) is 15.4. The summed E-state index contributed by atoms with van der Waals surface area (Å²) in [4.78, 5) is 30.4. The van der Waals surface area contributed by atoms with Crippen LogP contribution in [-0.2, 0) is 6.54 Å². The number of aromatic nitrogens is 5. The van der Waals surface area contributed by atoms with Gasteiger partial charge in [-0.25, -0.2) is 14.6 Å². The molecule has 3 heterocycles. The van der Waals surface area contributed by atoms with E-state index in [0.717, 1.165) is 5.56 Å². The van der Waals surface area contributed by atoms with E-state index >= 15 is 0 Å². The van der Waals surface area contributed by atoms with E-state index in [1.54, 1.807) is 0 Å². The number of ether oxygens (including phenoxy) is 1. The number of anilines is 2. The van der Waals surface area contributed by atoms with Gasteiger partial charge in [0.05, 0.1) is 18.8 Å². The third-order valence-electron chi connectivity index (χ3n) is 6.40. The quantitative estimate of drug-likeness (QED) is 0.311. The van der Waals surface area contributed by atoms with Gasteiger partial charge < -0.3 is 25.0 Å². The lowest BCUT2D eigenvalue weighted by molar-refractivity contribution is 0.205. The van der Waals surface area contributed by atoms with Crippen molar-refractivity contribution >= 4 is 32.5 Å². The van der Waals surface area contributed by atoms with Crippen LogP contribution in [0.4, 0.5) is 21.1 Å². The first-order valence-electron chi connectivity index (χ1n) is 12.3. The fourth-order valence-electron chi connectivity index (χ4n) is 4.06. The van der Waals surface area contributed by atoms with Gasteiger partial charge in [0.25, 0.3) is 0 Å². The molecule has 2 aromatic heterocycles. The maximum absolute atomic E-state index is 12.5. The third-order valence-corrected chi connectivity index (χ3v) is 9.26. The Morgan fingerprint density at radius 2 is 1.79 bits per heavy atom. The van der Waals surface area contributed by atoms with Crippen LogP contribution < -0.4 is 14.8 Å². The first-order valence-corrected chi connectivity index (χ1v) is 13.9. The maximum atomic E-state index is 12.5. The molecule has 0 bridgehead atoms. The highest BCUT2D eigenvalue weighted by atomic mass is 32.3. The van der Waals surface area contributed by atoms with Gasteiger partial charge in [-0.05, 0) is 60.7 Å². The lowest BCUT2D eigenvalue weighted by Gasteiger charge is -2.43. The van der Waals surface area contributed by atoms with E-state index in [4.69, 9.17) is 10.5 Å². The molecule has 0 radical (unpaired) electrons. The van der Waals surface area contributed by atoms with E-state index in [0.29, 0.717) is 43.3 Å². The number of carboxylic acid groups (broad SMARTS) is 2. The molecule has 0 spiro atoms. The second kappa shape index (κ2) is 11.2. The highest BCUT2D eigenvalue weighted by Gasteiger charge is 2.53. The topological polar surface area (TPSA) is 173 Å². The van der Waals surface area contributed by atoms with Gasteiger partial charge in [0.2, 0.25) is 5.82 Å². The number of aryl methyl sites for hydroxylation is 1. The monoisotopic (exact) mass is 556 g/mol. The van der Waals surface area contributed by atoms with Crippen LogP contribution in [-0.4, -0.2) is 63.5 Å². The van der Waals surface area contributed by atoms with Crippen LogP contribution in [0, 0.1) is 5.41 Å². The number of nitrogen functional groups attached to an aromatic ring is 1. The van der Waals surface area contributed by atoms with Crippen LogP contribution in [0.15, 0.2) is 55.0 Å². The minimum atomic E-state index is -3.50. The summed E-state index contributed by atoms with van der Waals surface area (Å²) < 4.78 is 8.62. The van der Waals surface area contributed by atoms with Gasteiger partial charge in [-0.3, -0.25) is 4.31 Å². The molecule has 1 aromatic carbocycles. The molecule has 4 rings (SSSR count). The van der Waals surface area contributed by atoms with Gasteiger partial charge >= 0.3 is 10.6 Å². The van der Waals surface area contributed by atoms with E-state index in [9.17, 15) is 19.8 Å². The van der Waals surface area contributed by atoms with Gasteiger partial charge in [-0.15, -0.1) is 10.2 Å². The van der Waals surface area contributed by atoms with Crippen LogP contribution >= 0.6 is 10.4 Å². The van der Waals surface area contributed by atoms with Crippen LogP contribution in [0.5, 0.6) is 5.75 Å². The second-order valence-electron chi connectivity index (χ2n) is 9.62. The molecule has 0 fully saturated rings. The highest BCUT2D eigenvalue weighted by molar-refractivity contribution is 8.54. The third kappa shape index (κ3) is 5.74. The molecule has 0 saturated carbocycles. The number of hydrogen-bond acceptors (Lipinski definition) is 10. The summed E-state index contributed by atoms with van der Waals surface area (Å²) in [6, 6.07) is 10.4. The van der Waals surface area contributed by atoms with Crippen molar-refractivity contribution in [1.82, 2.24) is 29.5 Å². The molecule has 39 heavy (non-hydrogen) atoms. The van der Waals surface area contributed by atoms with Crippen molar-refractivity contribution in [2.24, 2.45) is 5.41 Å². The summed E-state index contributed by atoms with van der Waals surface area (Å²) in [5, 5.41) is 29.8. The van der Waals surface area contributed by atoms with Crippen molar-refractivity contribution in [3.8, 4) is 17.1 Å². The number of rotatable bonds is 10. The van der Waals surface area contributed by atoms with E-state index in [-0.39, 0.29) is 17.8 Å². The first kappa shape index (κ1) is 27.7. The number of tetrazole rings is 1. The van der Waals surface area contributed by atoms with Gasteiger partial charge in [0, 0.05) is 36.8 Å². The minimum Gasteiger partial charge on any atom is -0.494 e. The Bertz CT molecular complexity index is 1350. The van der Waals surface area contributed by atoms with Crippen LogP contribution in [0.2, 0.25) is 0 Å². The maximum Gasteiger partial charge on any atom is 0.393 e. The zero-order valence-corrected chi connectivity index (χ0v) is 22.8. The molecule has 1 aliphatic heterocycles. The molecule has 4 N–H and O–H groups in total. The predicted octanol–water partition coefficient (Wildman–Crippen LogP) is 4.81. The Hall–Kier alpha value is -4.33. The number of nitrogens with two attached hydrogens (primary N) is 1. The summed E-state index contributed by atoms with van der Waals surface area (Å²) in [7, 11) is -3.50. The van der Waals surface area contributed by atoms with Crippen molar-refractivity contribution in [3.63, 3.8) is 0 Å². The smallest absolute Gasteiger partial charge is 0.393 e. The van der Waals surface area contributed by atoms with E-state index in [1.807, 2.05) is 45.0 Å². The molecule has 3 aromatic rings. The molecule has 0 atom stereocenters. The van der Waals surface area contributed by atoms with Crippen molar-refractivity contribution in [1.29, 1.82) is 0 Å². The molecule has 13 nitrogen and oxygen atoms in total. The standard InChI is InChI=1S/C25H32N8O5S/c1-4-33-29-22(28-30-33)18-5-7-20(8-6-18)38-16-11-25(2,3)10-13-31-14-15-32(19-9-12-27-21(26)17-19)39(31,23(34)35)24(36)37/h5-9,12,14-15,17H,4,10-11,13,16H2,1-3H3,(H2,26,27)(H,34,35)(H,36,37). The van der Waals surface area contributed by atoms with Crippen LogP contribution in [0.1, 0.15) is 33.6 Å². The molecule has 14 heteroatoms. The molecular formula is C25H32N8O5S. The van der Waals surface area contributed by atoms with E-state index in [2.05, 4.69) is 20.4 Å². The lowest BCUT2D eigenvalue weighted by Crippen LogP contribution is -2.40. The first-order chi connectivity index (χ1) is 18.6. The van der Waals surface area contributed by atoms with Crippen LogP contribution in [0.3, 0.4) is 0 Å². The largest absolute Gasteiger partial charge is 0.494 e. The van der Waals surface area contributed by atoms with Gasteiger partial charge in [0.1, 0.15) is 22.0 Å². The van der Waals surface area contributed by atoms with E-state index < -0.39 is 21.0 Å². The Kier molecular flexibility index (Phi) is 7.95. The van der Waals surface area contributed by atoms with E-state index in [1.165, 1.54) is 44.1 Å². The Balaban J connectivity index is 1.37. The number of hydrogen-bond donors (Lipinski definition) is 3. The van der Waals surface area contributed by atoms with Crippen molar-refractivity contribution in [2.75, 3.05) is 23.2 Å². The molecule has 208 valence electrons. The van der Waals surface area contributed by atoms with Gasteiger partial charge in [0.15, 0.2) is 0 Å². The average Bonchev–Trinajstić information content (AvgIpc) is 3.53. The zero-order valence-electron chi connectivity index (χ0n) is 22.0. The molecule has 0 aliphatic carbocycles. The van der Waals surface area contributed by atoms with Crippen LogP contribution in [0.25, 0.3) is 11.4 Å². The summed E-state index contributed by atoms with van der Waals surface area (Å²) in [5.74, 6) is 1.42. The van der Waals surface area contributed by atoms with Gasteiger partial charge in [-0.1, -0.05) is 13.8 Å². The Morgan fingerprint density at radius 3 is 2.41 bits per heavy atom. The summed E-state index contributed by atoms with van der Waals surface area (Å²) in [6.07, 6.45) is 5.63. The predicted molar refractivity (Wildman–Crippen MR) is 148 cm³/mol. The minimum absolute atomic E-state index is 0.167. The fourth-order valence-corrected chi connectivity index (χ4v) is 6.41. The molecule has 0 amide bonds.